The van der Waals surface area contributed by atoms with Crippen molar-refractivity contribution < 1.29 is 4.74 Å². The number of imidazole rings is 1. The molecule has 0 fully saturated rings. The van der Waals surface area contributed by atoms with Gasteiger partial charge in [-0.25, -0.2) is 4.98 Å². The SMILES string of the molecule is CCc1nc2cc(-c3cc(-c4ccc5ccccc5c4)cc(-c4ccc5ccccc5c4)c3)cc3c2n1-c1ccccc1O3. The van der Waals surface area contributed by atoms with E-state index >= 15 is 0 Å². The van der Waals surface area contributed by atoms with Gasteiger partial charge >= 0.3 is 0 Å². The highest BCUT2D eigenvalue weighted by Gasteiger charge is 2.24. The number of aryl methyl sites for hydroxylation is 1. The van der Waals surface area contributed by atoms with Gasteiger partial charge in [0.2, 0.25) is 0 Å². The van der Waals surface area contributed by atoms with Gasteiger partial charge in [-0.15, -0.1) is 0 Å². The first-order chi connectivity index (χ1) is 21.7. The molecule has 0 N–H and O–H groups in total. The molecule has 3 heteroatoms. The van der Waals surface area contributed by atoms with Crippen molar-refractivity contribution in [1.82, 2.24) is 9.55 Å². The minimum absolute atomic E-state index is 0.835. The summed E-state index contributed by atoms with van der Waals surface area (Å²) in [7, 11) is 0. The van der Waals surface area contributed by atoms with Crippen molar-refractivity contribution in [2.75, 3.05) is 0 Å². The average molecular weight is 565 g/mol. The maximum Gasteiger partial charge on any atom is 0.154 e. The van der Waals surface area contributed by atoms with Crippen molar-refractivity contribution in [1.29, 1.82) is 0 Å². The first kappa shape index (κ1) is 24.9. The molecule has 9 rings (SSSR count). The second-order valence-corrected chi connectivity index (χ2v) is 11.6. The van der Waals surface area contributed by atoms with Gasteiger partial charge in [0.1, 0.15) is 11.3 Å². The Hall–Kier alpha value is -5.67. The number of para-hydroxylation sites is 2. The van der Waals surface area contributed by atoms with Gasteiger partial charge in [0, 0.05) is 6.42 Å². The van der Waals surface area contributed by atoms with Crippen LogP contribution in [0.4, 0.5) is 0 Å². The van der Waals surface area contributed by atoms with E-state index in [0.717, 1.165) is 51.6 Å². The molecule has 3 nitrogen and oxygen atoms in total. The summed E-state index contributed by atoms with van der Waals surface area (Å²) in [4.78, 5) is 5.10. The van der Waals surface area contributed by atoms with Crippen LogP contribution in [0.15, 0.2) is 140 Å². The minimum Gasteiger partial charge on any atom is -0.453 e. The number of rotatable bonds is 4. The highest BCUT2D eigenvalue weighted by Crippen LogP contribution is 2.44. The Morgan fingerprint density at radius 1 is 0.500 bits per heavy atom. The lowest BCUT2D eigenvalue weighted by Crippen LogP contribution is -2.07. The van der Waals surface area contributed by atoms with Crippen LogP contribution in [0.1, 0.15) is 12.7 Å². The smallest absolute Gasteiger partial charge is 0.154 e. The summed E-state index contributed by atoms with van der Waals surface area (Å²) in [5.41, 5.74) is 9.99. The Morgan fingerprint density at radius 3 is 1.68 bits per heavy atom. The number of aromatic nitrogens is 2. The lowest BCUT2D eigenvalue weighted by Gasteiger charge is -2.21. The molecule has 7 aromatic carbocycles. The first-order valence-corrected chi connectivity index (χ1v) is 15.2. The Morgan fingerprint density at radius 2 is 1.05 bits per heavy atom. The third-order valence-electron chi connectivity index (χ3n) is 8.86. The summed E-state index contributed by atoms with van der Waals surface area (Å²) in [6.07, 6.45) is 0.835. The van der Waals surface area contributed by atoms with Crippen LogP contribution in [-0.2, 0) is 6.42 Å². The first-order valence-electron chi connectivity index (χ1n) is 15.2. The lowest BCUT2D eigenvalue weighted by atomic mass is 9.91. The predicted octanol–water partition coefficient (Wildman–Crippen LogP) is 11.0. The van der Waals surface area contributed by atoms with E-state index in [-0.39, 0.29) is 0 Å². The van der Waals surface area contributed by atoms with E-state index in [1.807, 2.05) is 12.1 Å². The molecular formula is C41H28N2O. The van der Waals surface area contributed by atoms with Crippen molar-refractivity contribution in [3.05, 3.63) is 145 Å². The van der Waals surface area contributed by atoms with Gasteiger partial charge in [0.15, 0.2) is 11.5 Å². The summed E-state index contributed by atoms with van der Waals surface area (Å²) in [5.74, 6) is 2.73. The fraction of sp³-hybridized carbons (Fsp3) is 0.0488. The molecular weight excluding hydrogens is 536 g/mol. The largest absolute Gasteiger partial charge is 0.453 e. The van der Waals surface area contributed by atoms with Gasteiger partial charge in [0.05, 0.1) is 11.2 Å². The number of ether oxygens (including phenoxy) is 1. The fourth-order valence-corrected chi connectivity index (χ4v) is 6.67. The number of benzene rings is 7. The Bertz CT molecular complexity index is 2320. The molecule has 1 aromatic heterocycles. The molecule has 44 heavy (non-hydrogen) atoms. The monoisotopic (exact) mass is 564 g/mol. The Labute approximate surface area is 255 Å². The molecule has 0 radical (unpaired) electrons. The molecule has 0 unspecified atom stereocenters. The quantitative estimate of drug-likeness (QED) is 0.213. The maximum atomic E-state index is 6.53. The molecule has 0 atom stereocenters. The molecule has 208 valence electrons. The van der Waals surface area contributed by atoms with Crippen LogP contribution >= 0.6 is 0 Å². The van der Waals surface area contributed by atoms with E-state index in [0.29, 0.717) is 0 Å². The summed E-state index contributed by atoms with van der Waals surface area (Å²) >= 11 is 0. The van der Waals surface area contributed by atoms with Gasteiger partial charge in [-0.05, 0) is 110 Å². The van der Waals surface area contributed by atoms with E-state index in [9.17, 15) is 0 Å². The standard InChI is InChI=1S/C41H28N2O/c1-2-40-42-36-24-35(25-39-41(36)43(40)37-13-7-8-14-38(37)44-39)34-22-32(30-17-15-26-9-3-5-11-28(26)19-30)21-33(23-34)31-18-16-27-10-4-6-12-29(27)20-31/h3-25H,2H2,1H3. The second kappa shape index (κ2) is 9.68. The van der Waals surface area contributed by atoms with Gasteiger partial charge in [-0.1, -0.05) is 91.9 Å². The summed E-state index contributed by atoms with van der Waals surface area (Å²) in [6.45, 7) is 2.16. The van der Waals surface area contributed by atoms with E-state index in [4.69, 9.17) is 9.72 Å². The third kappa shape index (κ3) is 3.94. The molecule has 0 aliphatic carbocycles. The number of fused-ring (bicyclic) bond motifs is 4. The van der Waals surface area contributed by atoms with Gasteiger partial charge < -0.3 is 4.74 Å². The van der Waals surface area contributed by atoms with Crippen molar-refractivity contribution in [2.45, 2.75) is 13.3 Å². The van der Waals surface area contributed by atoms with E-state index < -0.39 is 0 Å². The van der Waals surface area contributed by atoms with Crippen molar-refractivity contribution in [3.8, 4) is 50.6 Å². The molecule has 8 aromatic rings. The van der Waals surface area contributed by atoms with Crippen molar-refractivity contribution in [3.63, 3.8) is 0 Å². The van der Waals surface area contributed by atoms with Crippen LogP contribution in [0.2, 0.25) is 0 Å². The van der Waals surface area contributed by atoms with E-state index in [1.54, 1.807) is 0 Å². The fourth-order valence-electron chi connectivity index (χ4n) is 6.67. The minimum atomic E-state index is 0.835. The zero-order chi connectivity index (χ0) is 29.2. The number of nitrogens with zero attached hydrogens (tertiary/aromatic N) is 2. The Kier molecular flexibility index (Phi) is 5.48. The topological polar surface area (TPSA) is 27.1 Å². The zero-order valence-corrected chi connectivity index (χ0v) is 24.3. The molecule has 2 heterocycles. The maximum absolute atomic E-state index is 6.53. The van der Waals surface area contributed by atoms with E-state index in [1.165, 1.54) is 43.8 Å². The molecule has 1 aliphatic heterocycles. The number of hydrogen-bond acceptors (Lipinski definition) is 2. The van der Waals surface area contributed by atoms with Crippen molar-refractivity contribution in [2.24, 2.45) is 0 Å². The molecule has 1 aliphatic rings. The normalized spacial score (nSPS) is 12.0. The summed E-state index contributed by atoms with van der Waals surface area (Å²) in [5, 5.41) is 4.95. The number of hydrogen-bond donors (Lipinski definition) is 0. The van der Waals surface area contributed by atoms with Crippen LogP contribution < -0.4 is 4.74 Å². The van der Waals surface area contributed by atoms with E-state index in [2.05, 4.69) is 139 Å². The summed E-state index contributed by atoms with van der Waals surface area (Å²) in [6, 6.07) is 50.1. The molecule has 0 spiro atoms. The molecule has 0 saturated carbocycles. The third-order valence-corrected chi connectivity index (χ3v) is 8.86. The van der Waals surface area contributed by atoms with Crippen molar-refractivity contribution >= 4 is 32.6 Å². The zero-order valence-electron chi connectivity index (χ0n) is 24.3. The van der Waals surface area contributed by atoms with Gasteiger partial charge in [-0.2, -0.15) is 0 Å². The highest BCUT2D eigenvalue weighted by molar-refractivity contribution is 5.95. The van der Waals surface area contributed by atoms with Crippen LogP contribution in [0.5, 0.6) is 11.5 Å². The van der Waals surface area contributed by atoms with Crippen LogP contribution in [-0.4, -0.2) is 9.55 Å². The average Bonchev–Trinajstić information content (AvgIpc) is 3.47. The Balaban J connectivity index is 1.27. The molecule has 0 bridgehead atoms. The van der Waals surface area contributed by atoms with Crippen LogP contribution in [0.25, 0.3) is 71.6 Å². The highest BCUT2D eigenvalue weighted by atomic mass is 16.5. The summed E-state index contributed by atoms with van der Waals surface area (Å²) < 4.78 is 8.80. The molecule has 0 saturated heterocycles. The van der Waals surface area contributed by atoms with Crippen LogP contribution in [0.3, 0.4) is 0 Å². The lowest BCUT2D eigenvalue weighted by molar-refractivity contribution is 0.474. The molecule has 0 amide bonds. The van der Waals surface area contributed by atoms with Crippen LogP contribution in [0, 0.1) is 0 Å². The van der Waals surface area contributed by atoms with Gasteiger partial charge in [-0.3, -0.25) is 4.57 Å². The predicted molar refractivity (Wildman–Crippen MR) is 182 cm³/mol. The van der Waals surface area contributed by atoms with Gasteiger partial charge in [0.25, 0.3) is 0 Å². The second-order valence-electron chi connectivity index (χ2n) is 11.6.